The fraction of sp³-hybridized carbons (Fsp3) is 0.538. The van der Waals surface area contributed by atoms with Gasteiger partial charge in [-0.05, 0) is 74.6 Å². The molecular formula is C26H40N2. The molecule has 0 aliphatic carbocycles. The van der Waals surface area contributed by atoms with Crippen LogP contribution < -0.4 is 10.6 Å². The lowest BCUT2D eigenvalue weighted by Gasteiger charge is -2.24. The first-order valence-corrected chi connectivity index (χ1v) is 10.9. The second-order valence-electron chi connectivity index (χ2n) is 9.34. The Morgan fingerprint density at radius 2 is 1.25 bits per heavy atom. The Hall–Kier alpha value is -1.96. The van der Waals surface area contributed by atoms with E-state index >= 15 is 0 Å². The highest BCUT2D eigenvalue weighted by Gasteiger charge is 2.14. The van der Waals surface area contributed by atoms with Gasteiger partial charge in [-0.15, -0.1) is 0 Å². The summed E-state index contributed by atoms with van der Waals surface area (Å²) in [6, 6.07) is 16.4. The van der Waals surface area contributed by atoms with Gasteiger partial charge in [-0.25, -0.2) is 0 Å². The lowest BCUT2D eigenvalue weighted by atomic mass is 9.98. The van der Waals surface area contributed by atoms with Gasteiger partial charge in [0, 0.05) is 23.5 Å². The molecule has 0 aliphatic rings. The van der Waals surface area contributed by atoms with Crippen molar-refractivity contribution in [2.75, 3.05) is 10.6 Å². The molecule has 0 heterocycles. The summed E-state index contributed by atoms with van der Waals surface area (Å²) in [5.41, 5.74) is 6.58. The van der Waals surface area contributed by atoms with E-state index < -0.39 is 0 Å². The fourth-order valence-corrected chi connectivity index (χ4v) is 4.08. The van der Waals surface area contributed by atoms with Crippen molar-refractivity contribution >= 4 is 11.4 Å². The van der Waals surface area contributed by atoms with E-state index in [0.717, 1.165) is 6.42 Å². The Labute approximate surface area is 173 Å². The second kappa shape index (κ2) is 10.5. The number of benzene rings is 2. The van der Waals surface area contributed by atoms with Crippen LogP contribution in [0.3, 0.4) is 0 Å². The molecule has 2 rings (SSSR count). The molecule has 2 unspecified atom stereocenters. The van der Waals surface area contributed by atoms with Crippen molar-refractivity contribution in [1.82, 2.24) is 0 Å². The molecular weight excluding hydrogens is 340 g/mol. The summed E-state index contributed by atoms with van der Waals surface area (Å²) < 4.78 is 0. The van der Waals surface area contributed by atoms with Crippen molar-refractivity contribution in [1.29, 1.82) is 0 Å². The molecule has 0 radical (unpaired) electrons. The molecule has 2 nitrogen and oxygen atoms in total. The van der Waals surface area contributed by atoms with Crippen LogP contribution in [0.15, 0.2) is 42.5 Å². The highest BCUT2D eigenvalue weighted by molar-refractivity contribution is 5.66. The zero-order chi connectivity index (χ0) is 20.7. The van der Waals surface area contributed by atoms with Gasteiger partial charge in [0.15, 0.2) is 0 Å². The molecule has 0 amide bonds. The number of rotatable bonds is 10. The minimum atomic E-state index is 0.457. The van der Waals surface area contributed by atoms with E-state index in [1.807, 2.05) is 0 Å². The van der Waals surface area contributed by atoms with Crippen molar-refractivity contribution in [3.63, 3.8) is 0 Å². The predicted octanol–water partition coefficient (Wildman–Crippen LogP) is 7.28. The highest BCUT2D eigenvalue weighted by atomic mass is 14.9. The zero-order valence-electron chi connectivity index (χ0n) is 19.0. The van der Waals surface area contributed by atoms with Crippen LogP contribution in [0.1, 0.15) is 71.1 Å². The second-order valence-corrected chi connectivity index (χ2v) is 9.34. The molecule has 2 heteroatoms. The average Bonchev–Trinajstić information content (AvgIpc) is 2.58. The SMILES string of the molecule is Cc1cc(Cc2ccccc2)c(NC(C)CC(C)C)cc1NC(C)CC(C)C. The van der Waals surface area contributed by atoms with Crippen LogP contribution in [0.5, 0.6) is 0 Å². The van der Waals surface area contributed by atoms with Crippen LogP contribution in [-0.2, 0) is 6.42 Å². The predicted molar refractivity (Wildman–Crippen MR) is 126 cm³/mol. The molecule has 2 atom stereocenters. The quantitative estimate of drug-likeness (QED) is 0.452. The first kappa shape index (κ1) is 22.3. The summed E-state index contributed by atoms with van der Waals surface area (Å²) in [4.78, 5) is 0. The number of nitrogens with one attached hydrogen (secondary N) is 2. The zero-order valence-corrected chi connectivity index (χ0v) is 19.0. The van der Waals surface area contributed by atoms with Gasteiger partial charge in [0.05, 0.1) is 0 Å². The standard InChI is InChI=1S/C26H40N2/c1-18(2)13-21(6)27-25-17-26(28-22(7)14-19(3)4)24(15-20(25)5)16-23-11-9-8-10-12-23/h8-12,15,17-19,21-22,27-28H,13-14,16H2,1-7H3. The van der Waals surface area contributed by atoms with Crippen LogP contribution in [0.2, 0.25) is 0 Å². The van der Waals surface area contributed by atoms with E-state index in [9.17, 15) is 0 Å². The molecule has 0 saturated heterocycles. The van der Waals surface area contributed by atoms with E-state index in [1.165, 1.54) is 40.9 Å². The fourth-order valence-electron chi connectivity index (χ4n) is 4.08. The molecule has 154 valence electrons. The third-order valence-electron chi connectivity index (χ3n) is 5.14. The van der Waals surface area contributed by atoms with E-state index in [1.54, 1.807) is 0 Å². The minimum absolute atomic E-state index is 0.457. The molecule has 0 aliphatic heterocycles. The maximum Gasteiger partial charge on any atom is 0.0399 e. The Bertz CT molecular complexity index is 719. The van der Waals surface area contributed by atoms with Gasteiger partial charge in [-0.2, -0.15) is 0 Å². The number of aryl methyl sites for hydroxylation is 1. The van der Waals surface area contributed by atoms with Crippen LogP contribution >= 0.6 is 0 Å². The van der Waals surface area contributed by atoms with Crippen molar-refractivity contribution in [3.05, 3.63) is 59.2 Å². The Morgan fingerprint density at radius 1 is 0.714 bits per heavy atom. The normalized spacial score (nSPS) is 13.6. The summed E-state index contributed by atoms with van der Waals surface area (Å²) in [6.07, 6.45) is 3.31. The lowest BCUT2D eigenvalue weighted by molar-refractivity contribution is 0.538. The molecule has 0 bridgehead atoms. The number of hydrogen-bond donors (Lipinski definition) is 2. The van der Waals surface area contributed by atoms with Gasteiger partial charge in [0.1, 0.15) is 0 Å². The van der Waals surface area contributed by atoms with Crippen molar-refractivity contribution in [2.45, 2.75) is 79.8 Å². The highest BCUT2D eigenvalue weighted by Crippen LogP contribution is 2.29. The summed E-state index contributed by atoms with van der Waals surface area (Å²) >= 11 is 0. The summed E-state index contributed by atoms with van der Waals surface area (Å²) in [5, 5.41) is 7.55. The van der Waals surface area contributed by atoms with Crippen LogP contribution in [0, 0.1) is 18.8 Å². The van der Waals surface area contributed by atoms with E-state index in [0.29, 0.717) is 23.9 Å². The van der Waals surface area contributed by atoms with E-state index in [2.05, 4.69) is 102 Å². The summed E-state index contributed by atoms with van der Waals surface area (Å²) in [6.45, 7) is 16.0. The monoisotopic (exact) mass is 380 g/mol. The molecule has 0 saturated carbocycles. The Kier molecular flexibility index (Phi) is 8.41. The van der Waals surface area contributed by atoms with Gasteiger partial charge in [0.2, 0.25) is 0 Å². The van der Waals surface area contributed by atoms with E-state index in [4.69, 9.17) is 0 Å². The van der Waals surface area contributed by atoms with Crippen LogP contribution in [-0.4, -0.2) is 12.1 Å². The lowest BCUT2D eigenvalue weighted by Crippen LogP contribution is -2.20. The van der Waals surface area contributed by atoms with Crippen molar-refractivity contribution in [3.8, 4) is 0 Å². The maximum absolute atomic E-state index is 3.80. The van der Waals surface area contributed by atoms with E-state index in [-0.39, 0.29) is 0 Å². The van der Waals surface area contributed by atoms with Gasteiger partial charge >= 0.3 is 0 Å². The number of anilines is 2. The third-order valence-corrected chi connectivity index (χ3v) is 5.14. The Balaban J connectivity index is 2.30. The van der Waals surface area contributed by atoms with Crippen molar-refractivity contribution < 1.29 is 0 Å². The van der Waals surface area contributed by atoms with Crippen LogP contribution in [0.25, 0.3) is 0 Å². The topological polar surface area (TPSA) is 24.1 Å². The van der Waals surface area contributed by atoms with Gasteiger partial charge in [0.25, 0.3) is 0 Å². The first-order chi connectivity index (χ1) is 13.2. The molecule has 28 heavy (non-hydrogen) atoms. The third kappa shape index (κ3) is 7.22. The number of hydrogen-bond acceptors (Lipinski definition) is 2. The average molecular weight is 381 g/mol. The van der Waals surface area contributed by atoms with Gasteiger partial charge < -0.3 is 10.6 Å². The molecule has 2 aromatic rings. The molecule has 0 spiro atoms. The molecule has 2 aromatic carbocycles. The van der Waals surface area contributed by atoms with Crippen LogP contribution in [0.4, 0.5) is 11.4 Å². The summed E-state index contributed by atoms with van der Waals surface area (Å²) in [7, 11) is 0. The Morgan fingerprint density at radius 3 is 1.79 bits per heavy atom. The summed E-state index contributed by atoms with van der Waals surface area (Å²) in [5.74, 6) is 1.39. The molecule has 2 N–H and O–H groups in total. The minimum Gasteiger partial charge on any atom is -0.382 e. The maximum atomic E-state index is 3.80. The van der Waals surface area contributed by atoms with Crippen molar-refractivity contribution in [2.24, 2.45) is 11.8 Å². The largest absolute Gasteiger partial charge is 0.382 e. The smallest absolute Gasteiger partial charge is 0.0399 e. The molecule has 0 aromatic heterocycles. The van der Waals surface area contributed by atoms with Gasteiger partial charge in [-0.3, -0.25) is 0 Å². The van der Waals surface area contributed by atoms with Gasteiger partial charge in [-0.1, -0.05) is 64.1 Å². The molecule has 0 fully saturated rings. The first-order valence-electron chi connectivity index (χ1n) is 10.9.